The third kappa shape index (κ3) is 4.20. The molecule has 1 rings (SSSR count). The topological polar surface area (TPSA) is 26.0 Å². The van der Waals surface area contributed by atoms with Crippen molar-refractivity contribution in [3.8, 4) is 0 Å². The maximum atomic E-state index is 5.73. The molecule has 1 nitrogen and oxygen atoms in total. The van der Waals surface area contributed by atoms with Crippen molar-refractivity contribution in [2.24, 2.45) is 11.7 Å². The molecular weight excluding hydrogens is 182 g/mol. The van der Waals surface area contributed by atoms with Gasteiger partial charge in [-0.2, -0.15) is 0 Å². The fourth-order valence-corrected chi connectivity index (χ4v) is 1.70. The van der Waals surface area contributed by atoms with Gasteiger partial charge in [0.1, 0.15) is 0 Å². The predicted molar refractivity (Wildman–Crippen MR) is 67.3 cm³/mol. The van der Waals surface area contributed by atoms with Gasteiger partial charge in [-0.25, -0.2) is 0 Å². The Hall–Kier alpha value is -1.24. The molecule has 1 unspecified atom stereocenters. The van der Waals surface area contributed by atoms with Gasteiger partial charge in [-0.05, 0) is 38.2 Å². The van der Waals surface area contributed by atoms with E-state index in [1.807, 2.05) is 13.0 Å². The molecule has 1 heteroatoms. The van der Waals surface area contributed by atoms with Gasteiger partial charge >= 0.3 is 0 Å². The summed E-state index contributed by atoms with van der Waals surface area (Å²) in [7, 11) is 0. The van der Waals surface area contributed by atoms with Crippen LogP contribution in [0.4, 0.5) is 0 Å². The van der Waals surface area contributed by atoms with E-state index in [1.165, 1.54) is 5.57 Å². The number of allylic oxidation sites excluding steroid dienone is 7. The standard InChI is InChI=1S/C14H21N/c1-11(2)5-4-6-12(3)13-7-9-14(15)10-8-13/h4-5,7,9,12H,1,6,8,10,15H2,2-3H3/b5-4-. The Morgan fingerprint density at radius 3 is 2.80 bits per heavy atom. The van der Waals surface area contributed by atoms with Gasteiger partial charge in [0.25, 0.3) is 0 Å². The summed E-state index contributed by atoms with van der Waals surface area (Å²) < 4.78 is 0. The zero-order valence-electron chi connectivity index (χ0n) is 9.79. The molecule has 2 N–H and O–H groups in total. The second-order valence-electron chi connectivity index (χ2n) is 4.37. The Kier molecular flexibility index (Phi) is 4.41. The van der Waals surface area contributed by atoms with Gasteiger partial charge in [0, 0.05) is 5.70 Å². The zero-order chi connectivity index (χ0) is 11.3. The van der Waals surface area contributed by atoms with E-state index < -0.39 is 0 Å². The maximum Gasteiger partial charge on any atom is 0.00836 e. The smallest absolute Gasteiger partial charge is 0.00836 e. The summed E-state index contributed by atoms with van der Waals surface area (Å²) in [6.45, 7) is 8.13. The summed E-state index contributed by atoms with van der Waals surface area (Å²) in [6, 6.07) is 0. The minimum atomic E-state index is 0.616. The van der Waals surface area contributed by atoms with Crippen LogP contribution in [0.3, 0.4) is 0 Å². The molecule has 0 radical (unpaired) electrons. The lowest BCUT2D eigenvalue weighted by Gasteiger charge is -2.17. The second-order valence-corrected chi connectivity index (χ2v) is 4.37. The molecule has 0 aromatic rings. The van der Waals surface area contributed by atoms with E-state index in [4.69, 9.17) is 5.73 Å². The third-order valence-electron chi connectivity index (χ3n) is 2.74. The average molecular weight is 203 g/mol. The highest BCUT2D eigenvalue weighted by atomic mass is 14.6. The fraction of sp³-hybridized carbons (Fsp3) is 0.429. The van der Waals surface area contributed by atoms with Crippen molar-refractivity contribution in [3.05, 3.63) is 47.7 Å². The highest BCUT2D eigenvalue weighted by Crippen LogP contribution is 2.24. The van der Waals surface area contributed by atoms with Gasteiger partial charge in [0.15, 0.2) is 0 Å². The molecule has 0 aliphatic heterocycles. The van der Waals surface area contributed by atoms with Crippen LogP contribution in [0.25, 0.3) is 0 Å². The quantitative estimate of drug-likeness (QED) is 0.693. The van der Waals surface area contributed by atoms with Crippen LogP contribution < -0.4 is 5.73 Å². The summed E-state index contributed by atoms with van der Waals surface area (Å²) in [5.41, 5.74) is 9.36. The second kappa shape index (κ2) is 5.59. The predicted octanol–water partition coefficient (Wildman–Crippen LogP) is 3.71. The summed E-state index contributed by atoms with van der Waals surface area (Å²) in [5.74, 6) is 0.616. The molecule has 1 aliphatic carbocycles. The lowest BCUT2D eigenvalue weighted by atomic mass is 9.90. The Morgan fingerprint density at radius 1 is 1.53 bits per heavy atom. The molecule has 1 atom stereocenters. The Labute approximate surface area is 93.1 Å². The molecule has 0 heterocycles. The largest absolute Gasteiger partial charge is 0.402 e. The van der Waals surface area contributed by atoms with Crippen LogP contribution in [0, 0.1) is 5.92 Å². The van der Waals surface area contributed by atoms with Gasteiger partial charge in [-0.15, -0.1) is 0 Å². The first-order chi connectivity index (χ1) is 7.09. The average Bonchev–Trinajstić information content (AvgIpc) is 2.18. The lowest BCUT2D eigenvalue weighted by molar-refractivity contribution is 0.646. The molecular formula is C14H21N. The highest BCUT2D eigenvalue weighted by Gasteiger charge is 2.09. The Balaban J connectivity index is 2.47. The van der Waals surface area contributed by atoms with Crippen LogP contribution >= 0.6 is 0 Å². The maximum absolute atomic E-state index is 5.73. The number of hydrogen-bond acceptors (Lipinski definition) is 1. The summed E-state index contributed by atoms with van der Waals surface area (Å²) in [4.78, 5) is 0. The van der Waals surface area contributed by atoms with Crippen molar-refractivity contribution in [1.82, 2.24) is 0 Å². The van der Waals surface area contributed by atoms with Crippen molar-refractivity contribution in [2.75, 3.05) is 0 Å². The molecule has 82 valence electrons. The monoisotopic (exact) mass is 203 g/mol. The summed E-state index contributed by atoms with van der Waals surface area (Å²) in [5, 5.41) is 0. The lowest BCUT2D eigenvalue weighted by Crippen LogP contribution is -2.06. The summed E-state index contributed by atoms with van der Waals surface area (Å²) >= 11 is 0. The first kappa shape index (κ1) is 11.8. The normalized spacial score (nSPS) is 18.5. The van der Waals surface area contributed by atoms with E-state index >= 15 is 0 Å². The highest BCUT2D eigenvalue weighted by molar-refractivity contribution is 5.24. The zero-order valence-corrected chi connectivity index (χ0v) is 9.79. The van der Waals surface area contributed by atoms with E-state index in [0.29, 0.717) is 5.92 Å². The van der Waals surface area contributed by atoms with Crippen LogP contribution in [0.1, 0.15) is 33.1 Å². The SMILES string of the molecule is C=C(C)/C=C\CC(C)C1=CC=C(N)CC1. The van der Waals surface area contributed by atoms with E-state index in [0.717, 1.165) is 30.5 Å². The number of rotatable bonds is 4. The number of nitrogens with two attached hydrogens (primary N) is 1. The van der Waals surface area contributed by atoms with E-state index in [9.17, 15) is 0 Å². The van der Waals surface area contributed by atoms with E-state index in [2.05, 4.69) is 31.7 Å². The van der Waals surface area contributed by atoms with Crippen LogP contribution in [0.5, 0.6) is 0 Å². The van der Waals surface area contributed by atoms with Gasteiger partial charge < -0.3 is 5.73 Å². The van der Waals surface area contributed by atoms with Gasteiger partial charge in [-0.1, -0.05) is 42.9 Å². The molecule has 0 bridgehead atoms. The fourth-order valence-electron chi connectivity index (χ4n) is 1.70. The molecule has 0 amide bonds. The third-order valence-corrected chi connectivity index (χ3v) is 2.74. The van der Waals surface area contributed by atoms with Crippen molar-refractivity contribution in [2.45, 2.75) is 33.1 Å². The molecule has 0 spiro atoms. The van der Waals surface area contributed by atoms with Crippen molar-refractivity contribution < 1.29 is 0 Å². The first-order valence-corrected chi connectivity index (χ1v) is 5.56. The van der Waals surface area contributed by atoms with Crippen molar-refractivity contribution in [3.63, 3.8) is 0 Å². The first-order valence-electron chi connectivity index (χ1n) is 5.56. The van der Waals surface area contributed by atoms with E-state index in [1.54, 1.807) is 0 Å². The summed E-state index contributed by atoms with van der Waals surface area (Å²) in [6.07, 6.45) is 11.7. The molecule has 15 heavy (non-hydrogen) atoms. The molecule has 0 fully saturated rings. The van der Waals surface area contributed by atoms with Gasteiger partial charge in [0.05, 0.1) is 0 Å². The Bertz CT molecular complexity index is 318. The minimum absolute atomic E-state index is 0.616. The van der Waals surface area contributed by atoms with Crippen LogP contribution in [0.15, 0.2) is 47.7 Å². The molecule has 0 saturated heterocycles. The van der Waals surface area contributed by atoms with Crippen molar-refractivity contribution in [1.29, 1.82) is 0 Å². The molecule has 0 aromatic carbocycles. The minimum Gasteiger partial charge on any atom is -0.402 e. The van der Waals surface area contributed by atoms with Crippen LogP contribution in [-0.4, -0.2) is 0 Å². The molecule has 0 saturated carbocycles. The van der Waals surface area contributed by atoms with Crippen molar-refractivity contribution >= 4 is 0 Å². The Morgan fingerprint density at radius 2 is 2.27 bits per heavy atom. The van der Waals surface area contributed by atoms with Crippen LogP contribution in [-0.2, 0) is 0 Å². The molecule has 1 aliphatic rings. The van der Waals surface area contributed by atoms with Gasteiger partial charge in [0.2, 0.25) is 0 Å². The number of hydrogen-bond donors (Lipinski definition) is 1. The van der Waals surface area contributed by atoms with E-state index in [-0.39, 0.29) is 0 Å². The van der Waals surface area contributed by atoms with Crippen LogP contribution in [0.2, 0.25) is 0 Å². The van der Waals surface area contributed by atoms with Gasteiger partial charge in [-0.3, -0.25) is 0 Å². The molecule has 0 aromatic heterocycles.